The second kappa shape index (κ2) is 8.66. The second-order valence-electron chi connectivity index (χ2n) is 5.52. The molecule has 27 heavy (non-hydrogen) atoms. The van der Waals surface area contributed by atoms with Crippen LogP contribution in [0.25, 0.3) is 0 Å². The molecule has 0 aliphatic heterocycles. The zero-order valence-corrected chi connectivity index (χ0v) is 15.1. The molecule has 0 saturated carbocycles. The van der Waals surface area contributed by atoms with Gasteiger partial charge in [0.1, 0.15) is 23.0 Å². The summed E-state index contributed by atoms with van der Waals surface area (Å²) in [6, 6.07) is 14.7. The van der Waals surface area contributed by atoms with E-state index in [1.54, 1.807) is 19.2 Å². The number of para-hydroxylation sites is 2. The number of amides is 1. The molecule has 138 valence electrons. The predicted molar refractivity (Wildman–Crippen MR) is 104 cm³/mol. The van der Waals surface area contributed by atoms with Gasteiger partial charge in [0, 0.05) is 5.69 Å². The van der Waals surface area contributed by atoms with Gasteiger partial charge in [-0.1, -0.05) is 12.1 Å². The number of methoxy groups -OCH3 is 1. The number of nitrogens with one attached hydrogen (secondary N) is 2. The Morgan fingerprint density at radius 1 is 1.04 bits per heavy atom. The van der Waals surface area contributed by atoms with Crippen molar-refractivity contribution < 1.29 is 14.3 Å². The number of hydrogen-bond donors (Lipinski definition) is 2. The van der Waals surface area contributed by atoms with Gasteiger partial charge in [0.25, 0.3) is 5.91 Å². The van der Waals surface area contributed by atoms with Crippen LogP contribution in [-0.4, -0.2) is 29.6 Å². The molecule has 0 bridgehead atoms. The van der Waals surface area contributed by atoms with E-state index < -0.39 is 0 Å². The van der Waals surface area contributed by atoms with E-state index in [2.05, 4.69) is 20.6 Å². The molecular formula is C20H20N4O3. The predicted octanol–water partition coefficient (Wildman–Crippen LogP) is 3.88. The Morgan fingerprint density at radius 2 is 1.81 bits per heavy atom. The number of carbonyl (C=O) groups excluding carboxylic acids is 1. The van der Waals surface area contributed by atoms with Crippen molar-refractivity contribution in [2.24, 2.45) is 0 Å². The van der Waals surface area contributed by atoms with Crippen molar-refractivity contribution in [3.63, 3.8) is 0 Å². The minimum atomic E-state index is -0.356. The summed E-state index contributed by atoms with van der Waals surface area (Å²) in [5.41, 5.74) is 1.64. The molecule has 0 radical (unpaired) electrons. The fourth-order valence-corrected chi connectivity index (χ4v) is 2.37. The Labute approximate surface area is 157 Å². The topological polar surface area (TPSA) is 85.4 Å². The maximum Gasteiger partial charge on any atom is 0.275 e. The first-order valence-electron chi connectivity index (χ1n) is 8.46. The summed E-state index contributed by atoms with van der Waals surface area (Å²) in [4.78, 5) is 20.8. The third-order valence-electron chi connectivity index (χ3n) is 3.68. The molecule has 7 heteroatoms. The molecule has 2 aromatic carbocycles. The third-order valence-corrected chi connectivity index (χ3v) is 3.68. The van der Waals surface area contributed by atoms with Crippen LogP contribution in [0.4, 0.5) is 17.2 Å². The first kappa shape index (κ1) is 18.2. The van der Waals surface area contributed by atoms with Crippen molar-refractivity contribution in [2.45, 2.75) is 6.92 Å². The highest BCUT2D eigenvalue weighted by Crippen LogP contribution is 2.24. The fraction of sp³-hybridized carbons (Fsp3) is 0.150. The van der Waals surface area contributed by atoms with Crippen LogP contribution in [0.15, 0.2) is 60.9 Å². The average molecular weight is 364 g/mol. The largest absolute Gasteiger partial charge is 0.497 e. The van der Waals surface area contributed by atoms with Crippen molar-refractivity contribution in [2.75, 3.05) is 24.4 Å². The number of hydrogen-bond acceptors (Lipinski definition) is 6. The molecule has 1 amide bonds. The van der Waals surface area contributed by atoms with Crippen LogP contribution in [0.3, 0.4) is 0 Å². The molecule has 0 atom stereocenters. The molecule has 0 unspecified atom stereocenters. The van der Waals surface area contributed by atoms with Crippen LogP contribution in [0.1, 0.15) is 17.4 Å². The Hall–Kier alpha value is -3.61. The lowest BCUT2D eigenvalue weighted by Crippen LogP contribution is -2.15. The number of aromatic nitrogens is 2. The summed E-state index contributed by atoms with van der Waals surface area (Å²) in [5.74, 6) is 1.56. The average Bonchev–Trinajstić information content (AvgIpc) is 2.71. The Balaban J connectivity index is 1.66. The molecule has 0 aliphatic carbocycles. The molecule has 3 aromatic rings. The lowest BCUT2D eigenvalue weighted by molar-refractivity contribution is 0.102. The number of carbonyl (C=O) groups is 1. The van der Waals surface area contributed by atoms with Gasteiger partial charge in [-0.05, 0) is 43.3 Å². The van der Waals surface area contributed by atoms with Crippen molar-refractivity contribution in [3.8, 4) is 11.5 Å². The molecule has 1 heterocycles. The molecule has 0 fully saturated rings. The van der Waals surface area contributed by atoms with Crippen LogP contribution in [0.2, 0.25) is 0 Å². The van der Waals surface area contributed by atoms with Gasteiger partial charge in [0.15, 0.2) is 0 Å². The maximum absolute atomic E-state index is 12.4. The van der Waals surface area contributed by atoms with Gasteiger partial charge >= 0.3 is 0 Å². The molecule has 2 N–H and O–H groups in total. The zero-order valence-electron chi connectivity index (χ0n) is 15.1. The molecule has 0 spiro atoms. The third kappa shape index (κ3) is 4.72. The minimum absolute atomic E-state index is 0.210. The van der Waals surface area contributed by atoms with E-state index in [0.717, 1.165) is 11.4 Å². The summed E-state index contributed by atoms with van der Waals surface area (Å²) >= 11 is 0. The normalized spacial score (nSPS) is 10.1. The molecular weight excluding hydrogens is 344 g/mol. The van der Waals surface area contributed by atoms with Crippen LogP contribution in [0, 0.1) is 0 Å². The van der Waals surface area contributed by atoms with E-state index in [1.807, 2.05) is 43.3 Å². The first-order chi connectivity index (χ1) is 13.2. The molecule has 7 nitrogen and oxygen atoms in total. The summed E-state index contributed by atoms with van der Waals surface area (Å²) in [5, 5.41) is 5.91. The lowest BCUT2D eigenvalue weighted by Gasteiger charge is -2.11. The fourth-order valence-electron chi connectivity index (χ4n) is 2.37. The van der Waals surface area contributed by atoms with E-state index in [4.69, 9.17) is 9.47 Å². The SMILES string of the molecule is CCOc1ccccc1NC(=O)c1cnc(Nc2ccc(OC)cc2)cn1. The number of anilines is 3. The minimum Gasteiger partial charge on any atom is -0.497 e. The van der Waals surface area contributed by atoms with E-state index in [1.165, 1.54) is 12.4 Å². The second-order valence-corrected chi connectivity index (χ2v) is 5.52. The highest BCUT2D eigenvalue weighted by atomic mass is 16.5. The van der Waals surface area contributed by atoms with Crippen LogP contribution in [-0.2, 0) is 0 Å². The van der Waals surface area contributed by atoms with Crippen LogP contribution >= 0.6 is 0 Å². The molecule has 1 aromatic heterocycles. The van der Waals surface area contributed by atoms with E-state index in [0.29, 0.717) is 23.9 Å². The highest BCUT2D eigenvalue weighted by Gasteiger charge is 2.11. The van der Waals surface area contributed by atoms with Crippen molar-refractivity contribution in [3.05, 3.63) is 66.6 Å². The monoisotopic (exact) mass is 364 g/mol. The van der Waals surface area contributed by atoms with Gasteiger partial charge in [0.05, 0.1) is 31.8 Å². The summed E-state index contributed by atoms with van der Waals surface area (Å²) in [7, 11) is 1.62. The van der Waals surface area contributed by atoms with Crippen LogP contribution in [0.5, 0.6) is 11.5 Å². The number of benzene rings is 2. The van der Waals surface area contributed by atoms with Crippen molar-refractivity contribution in [1.29, 1.82) is 0 Å². The first-order valence-corrected chi connectivity index (χ1v) is 8.46. The Morgan fingerprint density at radius 3 is 2.48 bits per heavy atom. The maximum atomic E-state index is 12.4. The summed E-state index contributed by atoms with van der Waals surface area (Å²) < 4.78 is 10.6. The van der Waals surface area contributed by atoms with E-state index in [-0.39, 0.29) is 11.6 Å². The molecule has 0 aliphatic rings. The quantitative estimate of drug-likeness (QED) is 0.662. The van der Waals surface area contributed by atoms with Gasteiger partial charge in [0.2, 0.25) is 0 Å². The summed E-state index contributed by atoms with van der Waals surface area (Å²) in [6.07, 6.45) is 2.93. The number of rotatable bonds is 7. The van der Waals surface area contributed by atoms with Crippen LogP contribution < -0.4 is 20.1 Å². The smallest absolute Gasteiger partial charge is 0.275 e. The summed E-state index contributed by atoms with van der Waals surface area (Å²) in [6.45, 7) is 2.40. The number of nitrogens with zero attached hydrogens (tertiary/aromatic N) is 2. The zero-order chi connectivity index (χ0) is 19.1. The number of ether oxygens (including phenoxy) is 2. The van der Waals surface area contributed by atoms with Crippen molar-refractivity contribution >= 4 is 23.1 Å². The van der Waals surface area contributed by atoms with E-state index >= 15 is 0 Å². The lowest BCUT2D eigenvalue weighted by atomic mass is 10.3. The van der Waals surface area contributed by atoms with Gasteiger partial charge in [-0.25, -0.2) is 9.97 Å². The Kier molecular flexibility index (Phi) is 5.84. The standard InChI is InChI=1S/C20H20N4O3/c1-3-27-18-7-5-4-6-16(18)24-20(25)17-12-22-19(13-21-17)23-14-8-10-15(26-2)11-9-14/h4-13H,3H2,1-2H3,(H,22,23)(H,24,25). The van der Waals surface area contributed by atoms with Gasteiger partial charge in [-0.3, -0.25) is 4.79 Å². The van der Waals surface area contributed by atoms with E-state index in [9.17, 15) is 4.79 Å². The van der Waals surface area contributed by atoms with Crippen molar-refractivity contribution in [1.82, 2.24) is 9.97 Å². The van der Waals surface area contributed by atoms with Gasteiger partial charge < -0.3 is 20.1 Å². The highest BCUT2D eigenvalue weighted by molar-refractivity contribution is 6.03. The van der Waals surface area contributed by atoms with Gasteiger partial charge in [-0.15, -0.1) is 0 Å². The molecule has 0 saturated heterocycles. The van der Waals surface area contributed by atoms with Gasteiger partial charge in [-0.2, -0.15) is 0 Å². The molecule has 3 rings (SSSR count). The Bertz CT molecular complexity index is 896.